The molecule has 30 heavy (non-hydrogen) atoms. The van der Waals surface area contributed by atoms with Crippen LogP contribution in [-0.2, 0) is 19.1 Å². The van der Waals surface area contributed by atoms with Crippen LogP contribution >= 0.6 is 0 Å². The van der Waals surface area contributed by atoms with Crippen molar-refractivity contribution in [3.8, 4) is 0 Å². The monoisotopic (exact) mass is 424 g/mol. The van der Waals surface area contributed by atoms with Crippen LogP contribution in [0.15, 0.2) is 0 Å². The molecular weight excluding hydrogens is 376 g/mol. The maximum atomic E-state index is 13.1. The van der Waals surface area contributed by atoms with Gasteiger partial charge in [0.2, 0.25) is 0 Å². The molecule has 6 atom stereocenters. The van der Waals surface area contributed by atoms with Crippen molar-refractivity contribution in [2.24, 2.45) is 35.5 Å². The molecule has 0 spiro atoms. The molecule has 0 amide bonds. The van der Waals surface area contributed by atoms with E-state index in [1.54, 1.807) is 0 Å². The molecule has 1 aliphatic carbocycles. The molecule has 6 unspecified atom stereocenters. The third-order valence-corrected chi connectivity index (χ3v) is 7.41. The topological polar surface area (TPSA) is 52.6 Å². The third kappa shape index (κ3) is 8.59. The molecule has 0 heterocycles. The Hall–Kier alpha value is -1.06. The van der Waals surface area contributed by atoms with Crippen molar-refractivity contribution in [2.45, 2.75) is 106 Å². The zero-order valence-electron chi connectivity index (χ0n) is 20.6. The van der Waals surface area contributed by atoms with Crippen molar-refractivity contribution in [3.63, 3.8) is 0 Å². The first-order valence-corrected chi connectivity index (χ1v) is 12.7. The first-order chi connectivity index (χ1) is 14.4. The van der Waals surface area contributed by atoms with Gasteiger partial charge < -0.3 is 9.47 Å². The Labute approximate surface area is 185 Å². The number of carbonyl (C=O) groups is 2. The van der Waals surface area contributed by atoms with E-state index in [9.17, 15) is 9.59 Å². The first-order valence-electron chi connectivity index (χ1n) is 12.7. The first kappa shape index (κ1) is 27.0. The van der Waals surface area contributed by atoms with Gasteiger partial charge in [-0.15, -0.1) is 0 Å². The van der Waals surface area contributed by atoms with E-state index in [2.05, 4.69) is 41.5 Å². The van der Waals surface area contributed by atoms with Crippen LogP contribution in [0.25, 0.3) is 0 Å². The zero-order valence-corrected chi connectivity index (χ0v) is 20.6. The van der Waals surface area contributed by atoms with Gasteiger partial charge in [0.05, 0.1) is 25.0 Å². The van der Waals surface area contributed by atoms with Gasteiger partial charge in [-0.05, 0) is 49.4 Å². The highest BCUT2D eigenvalue weighted by Gasteiger charge is 2.44. The molecule has 0 aromatic rings. The number of unbranched alkanes of at least 4 members (excludes halogenated alkanes) is 2. The van der Waals surface area contributed by atoms with Gasteiger partial charge >= 0.3 is 11.9 Å². The summed E-state index contributed by atoms with van der Waals surface area (Å²) in [5.74, 6) is 0.280. The Morgan fingerprint density at radius 2 is 1.30 bits per heavy atom. The van der Waals surface area contributed by atoms with Crippen molar-refractivity contribution in [3.05, 3.63) is 0 Å². The summed E-state index contributed by atoms with van der Waals surface area (Å²) in [7, 11) is 0. The molecule has 4 nitrogen and oxygen atoms in total. The van der Waals surface area contributed by atoms with Gasteiger partial charge in [-0.25, -0.2) is 0 Å². The van der Waals surface area contributed by atoms with Crippen LogP contribution in [0.1, 0.15) is 106 Å². The summed E-state index contributed by atoms with van der Waals surface area (Å²) in [6, 6.07) is 0. The average Bonchev–Trinajstić information content (AvgIpc) is 2.75. The van der Waals surface area contributed by atoms with Crippen molar-refractivity contribution in [1.82, 2.24) is 0 Å². The lowest BCUT2D eigenvalue weighted by molar-refractivity contribution is -0.168. The van der Waals surface area contributed by atoms with E-state index in [1.165, 1.54) is 12.8 Å². The smallest absolute Gasteiger partial charge is 0.310 e. The minimum absolute atomic E-state index is 0.140. The molecule has 0 aliphatic heterocycles. The third-order valence-electron chi connectivity index (χ3n) is 7.41. The summed E-state index contributed by atoms with van der Waals surface area (Å²) in [4.78, 5) is 26.0. The van der Waals surface area contributed by atoms with Gasteiger partial charge in [0.25, 0.3) is 0 Å². The number of hydrogen-bond donors (Lipinski definition) is 0. The molecule has 4 heteroatoms. The molecule has 1 rings (SSSR count). The van der Waals surface area contributed by atoms with Crippen molar-refractivity contribution >= 4 is 11.9 Å². The van der Waals surface area contributed by atoms with E-state index in [4.69, 9.17) is 9.47 Å². The number of hydrogen-bond acceptors (Lipinski definition) is 4. The van der Waals surface area contributed by atoms with Crippen LogP contribution in [0.3, 0.4) is 0 Å². The largest absolute Gasteiger partial charge is 0.465 e. The highest BCUT2D eigenvalue weighted by molar-refractivity contribution is 5.82. The van der Waals surface area contributed by atoms with Crippen molar-refractivity contribution in [1.29, 1.82) is 0 Å². The van der Waals surface area contributed by atoms with Gasteiger partial charge in [-0.3, -0.25) is 9.59 Å². The highest BCUT2D eigenvalue weighted by Crippen LogP contribution is 2.40. The quantitative estimate of drug-likeness (QED) is 0.288. The maximum Gasteiger partial charge on any atom is 0.310 e. The van der Waals surface area contributed by atoms with Gasteiger partial charge in [0.1, 0.15) is 0 Å². The number of ether oxygens (including phenoxy) is 2. The Balaban J connectivity index is 2.73. The predicted molar refractivity (Wildman–Crippen MR) is 123 cm³/mol. The molecule has 176 valence electrons. The van der Waals surface area contributed by atoms with Crippen molar-refractivity contribution < 1.29 is 19.1 Å². The number of rotatable bonds is 14. The normalized spacial score (nSPS) is 26.1. The second-order valence-corrected chi connectivity index (χ2v) is 9.64. The number of esters is 2. The lowest BCUT2D eigenvalue weighted by atomic mass is 9.68. The second kappa shape index (κ2) is 14.9. The molecule has 0 aromatic carbocycles. The van der Waals surface area contributed by atoms with Gasteiger partial charge in [-0.2, -0.15) is 0 Å². The van der Waals surface area contributed by atoms with E-state index in [0.717, 1.165) is 51.4 Å². The van der Waals surface area contributed by atoms with Crippen LogP contribution < -0.4 is 0 Å². The lowest BCUT2D eigenvalue weighted by Crippen LogP contribution is -2.43. The van der Waals surface area contributed by atoms with E-state index < -0.39 is 0 Å². The zero-order chi connectivity index (χ0) is 22.5. The molecule has 0 N–H and O–H groups in total. The van der Waals surface area contributed by atoms with E-state index >= 15 is 0 Å². The van der Waals surface area contributed by atoms with Crippen LogP contribution in [0.5, 0.6) is 0 Å². The molecular formula is C26H48O4. The van der Waals surface area contributed by atoms with E-state index in [1.807, 2.05) is 0 Å². The summed E-state index contributed by atoms with van der Waals surface area (Å²) in [5, 5.41) is 0. The van der Waals surface area contributed by atoms with E-state index in [0.29, 0.717) is 31.0 Å². The van der Waals surface area contributed by atoms with Crippen LogP contribution in [0.4, 0.5) is 0 Å². The Bertz CT molecular complexity index is 489. The fourth-order valence-electron chi connectivity index (χ4n) is 4.65. The molecule has 1 saturated carbocycles. The summed E-state index contributed by atoms with van der Waals surface area (Å²) >= 11 is 0. The minimum Gasteiger partial charge on any atom is -0.465 e. The summed E-state index contributed by atoms with van der Waals surface area (Å²) in [6.45, 7) is 13.9. The summed E-state index contributed by atoms with van der Waals surface area (Å²) in [6.07, 6.45) is 10.6. The maximum absolute atomic E-state index is 13.1. The minimum atomic E-state index is -0.374. The van der Waals surface area contributed by atoms with Crippen LogP contribution in [-0.4, -0.2) is 25.2 Å². The molecule has 1 fully saturated rings. The molecule has 0 radical (unpaired) electrons. The Morgan fingerprint density at radius 3 is 1.77 bits per heavy atom. The SMILES string of the molecule is CCCCC(CC)COC(=O)C1CCC(C)C(C)C1C(=O)OCC(CC)CCCC. The Morgan fingerprint density at radius 1 is 0.800 bits per heavy atom. The fraction of sp³-hybridized carbons (Fsp3) is 0.923. The Kier molecular flexibility index (Phi) is 13.4. The molecule has 1 aliphatic rings. The second-order valence-electron chi connectivity index (χ2n) is 9.64. The predicted octanol–water partition coefficient (Wildman–Crippen LogP) is 6.80. The van der Waals surface area contributed by atoms with E-state index in [-0.39, 0.29) is 29.7 Å². The lowest BCUT2D eigenvalue weighted by Gasteiger charge is -2.37. The van der Waals surface area contributed by atoms with Gasteiger partial charge in [0, 0.05) is 0 Å². The van der Waals surface area contributed by atoms with Crippen LogP contribution in [0, 0.1) is 35.5 Å². The van der Waals surface area contributed by atoms with Crippen molar-refractivity contribution in [2.75, 3.05) is 13.2 Å². The highest BCUT2D eigenvalue weighted by atomic mass is 16.5. The standard InChI is InChI=1S/C26H48O4/c1-7-11-13-21(9-3)17-29-25(27)23-16-15-19(5)20(6)24(23)26(28)30-18-22(10-4)14-12-8-2/h19-24H,7-18H2,1-6H3. The molecule has 0 saturated heterocycles. The fourth-order valence-corrected chi connectivity index (χ4v) is 4.65. The van der Waals surface area contributed by atoms with Gasteiger partial charge in [-0.1, -0.05) is 80.1 Å². The average molecular weight is 425 g/mol. The number of carbonyl (C=O) groups excluding carboxylic acids is 2. The molecule has 0 bridgehead atoms. The van der Waals surface area contributed by atoms with Crippen LogP contribution in [0.2, 0.25) is 0 Å². The molecule has 0 aromatic heterocycles. The van der Waals surface area contributed by atoms with Gasteiger partial charge in [0.15, 0.2) is 0 Å². The summed E-state index contributed by atoms with van der Waals surface area (Å²) < 4.78 is 11.5. The summed E-state index contributed by atoms with van der Waals surface area (Å²) in [5.41, 5.74) is 0.